The van der Waals surface area contributed by atoms with Crippen LogP contribution >= 0.6 is 18.3 Å². The van der Waals surface area contributed by atoms with Crippen LogP contribution in [0, 0.1) is 0 Å². The van der Waals surface area contributed by atoms with E-state index in [1.807, 2.05) is 0 Å². The van der Waals surface area contributed by atoms with Gasteiger partial charge in [0.1, 0.15) is 34.1 Å². The highest BCUT2D eigenvalue weighted by atomic mass is 35.5. The Balaban J connectivity index is 1.65. The molecule has 1 fully saturated rings. The Morgan fingerprint density at radius 3 is 2.00 bits per heavy atom. The maximum atomic E-state index is 15.2. The molecule has 0 aliphatic carbocycles. The lowest BCUT2D eigenvalue weighted by atomic mass is 9.97. The predicted octanol–water partition coefficient (Wildman–Crippen LogP) is 3.84. The molecule has 0 unspecified atom stereocenters. The van der Waals surface area contributed by atoms with Crippen molar-refractivity contribution in [2.24, 2.45) is 0 Å². The van der Waals surface area contributed by atoms with Crippen molar-refractivity contribution >= 4 is 30.1 Å². The number of nitrogens with zero attached hydrogens (tertiary/aromatic N) is 1. The standard InChI is InChI=1S/C24H23ClF3N2O9PS/c1-34-13-3-7-15(8-4-13)38-40(41,39-16-9-5-14(35-2)6-10-16)36-12-24(22(27)28)19(31)18(26)21(37-24)30-11-17(25)20(32)29-23(30)33/h3-11,18-19,21-22,31H,12H2,1-2H3,(H,29,32,33)/t18-,19-,21-,24-/m1/s1. The van der Waals surface area contributed by atoms with Crippen LogP contribution in [0.25, 0.3) is 0 Å². The fraction of sp³-hybridized carbons (Fsp3) is 0.333. The zero-order valence-corrected chi connectivity index (χ0v) is 23.7. The summed E-state index contributed by atoms with van der Waals surface area (Å²) in [6.07, 6.45) is -10.0. The summed E-state index contributed by atoms with van der Waals surface area (Å²) >= 11 is 11.2. The minimum absolute atomic E-state index is 0.123. The fourth-order valence-corrected chi connectivity index (χ4v) is 5.88. The number of benzene rings is 2. The molecule has 2 N–H and O–H groups in total. The normalized spacial score (nSPS) is 22.5. The van der Waals surface area contributed by atoms with Gasteiger partial charge in [0.25, 0.3) is 12.0 Å². The molecule has 0 saturated carbocycles. The maximum Gasteiger partial charge on any atom is 0.435 e. The molecule has 0 amide bonds. The predicted molar refractivity (Wildman–Crippen MR) is 144 cm³/mol. The van der Waals surface area contributed by atoms with Gasteiger partial charge in [0, 0.05) is 18.0 Å². The Kier molecular flexibility index (Phi) is 9.36. The first-order valence-electron chi connectivity index (χ1n) is 11.6. The van der Waals surface area contributed by atoms with Gasteiger partial charge >= 0.3 is 12.4 Å². The van der Waals surface area contributed by atoms with E-state index in [4.69, 9.17) is 51.2 Å². The molecule has 2 aromatic carbocycles. The second-order valence-electron chi connectivity index (χ2n) is 8.55. The van der Waals surface area contributed by atoms with Gasteiger partial charge in [0.15, 0.2) is 18.0 Å². The number of H-pyrrole nitrogens is 1. The molecule has 0 spiro atoms. The van der Waals surface area contributed by atoms with Crippen LogP contribution in [0.3, 0.4) is 0 Å². The number of aliphatic hydroxyl groups excluding tert-OH is 1. The molecule has 0 radical (unpaired) electrons. The smallest absolute Gasteiger partial charge is 0.435 e. The minimum atomic E-state index is -4.04. The van der Waals surface area contributed by atoms with Crippen molar-refractivity contribution in [3.63, 3.8) is 0 Å². The van der Waals surface area contributed by atoms with E-state index in [0.717, 1.165) is 0 Å². The summed E-state index contributed by atoms with van der Waals surface area (Å²) in [6.45, 7) is -5.26. The first-order valence-corrected chi connectivity index (χ1v) is 14.6. The molecule has 3 aromatic rings. The first kappa shape index (κ1) is 30.9. The average molecular weight is 639 g/mol. The number of aromatic amines is 1. The molecule has 4 atom stereocenters. The van der Waals surface area contributed by atoms with Gasteiger partial charge in [-0.15, -0.1) is 0 Å². The van der Waals surface area contributed by atoms with Gasteiger partial charge in [-0.05, 0) is 48.5 Å². The van der Waals surface area contributed by atoms with Crippen molar-refractivity contribution in [2.75, 3.05) is 20.8 Å². The van der Waals surface area contributed by atoms with Gasteiger partial charge in [0.2, 0.25) is 0 Å². The van der Waals surface area contributed by atoms with Crippen LogP contribution in [0.4, 0.5) is 13.2 Å². The zero-order valence-electron chi connectivity index (χ0n) is 21.2. The summed E-state index contributed by atoms with van der Waals surface area (Å²) in [5.41, 5.74) is -5.23. The topological polar surface area (TPSA) is 130 Å². The summed E-state index contributed by atoms with van der Waals surface area (Å²) in [7, 11) is 2.90. The Labute approximate surface area is 240 Å². The molecule has 1 saturated heterocycles. The van der Waals surface area contributed by atoms with Crippen molar-refractivity contribution in [1.29, 1.82) is 0 Å². The van der Waals surface area contributed by atoms with E-state index in [2.05, 4.69) is 0 Å². The van der Waals surface area contributed by atoms with Crippen molar-refractivity contribution < 1.29 is 46.1 Å². The third kappa shape index (κ3) is 6.55. The van der Waals surface area contributed by atoms with Gasteiger partial charge in [-0.3, -0.25) is 18.9 Å². The van der Waals surface area contributed by atoms with Gasteiger partial charge in [-0.2, -0.15) is 0 Å². The molecule has 1 aromatic heterocycles. The van der Waals surface area contributed by atoms with E-state index in [-0.39, 0.29) is 11.5 Å². The van der Waals surface area contributed by atoms with Crippen LogP contribution in [0.15, 0.2) is 64.3 Å². The van der Waals surface area contributed by atoms with Crippen molar-refractivity contribution in [3.05, 3.63) is 80.6 Å². The highest BCUT2D eigenvalue weighted by molar-refractivity contribution is 8.07. The van der Waals surface area contributed by atoms with E-state index >= 15 is 4.39 Å². The lowest BCUT2D eigenvalue weighted by molar-refractivity contribution is -0.192. The second kappa shape index (κ2) is 12.4. The Morgan fingerprint density at radius 2 is 1.54 bits per heavy atom. The molecule has 1 aliphatic rings. The summed E-state index contributed by atoms with van der Waals surface area (Å²) in [6, 6.07) is 12.0. The minimum Gasteiger partial charge on any atom is -0.497 e. The molecule has 222 valence electrons. The average Bonchev–Trinajstić information content (AvgIpc) is 3.21. The number of rotatable bonds is 11. The number of ether oxygens (including phenoxy) is 3. The Bertz CT molecular complexity index is 1470. The molecular formula is C24H23ClF3N2O9PS. The van der Waals surface area contributed by atoms with Crippen LogP contribution in [0.5, 0.6) is 23.0 Å². The largest absolute Gasteiger partial charge is 0.497 e. The monoisotopic (exact) mass is 638 g/mol. The van der Waals surface area contributed by atoms with Crippen LogP contribution in [0.2, 0.25) is 5.02 Å². The lowest BCUT2D eigenvalue weighted by Crippen LogP contribution is -2.52. The number of aromatic nitrogens is 2. The number of methoxy groups -OCH3 is 2. The molecule has 1 aliphatic heterocycles. The highest BCUT2D eigenvalue weighted by Gasteiger charge is 2.62. The van der Waals surface area contributed by atoms with E-state index in [9.17, 15) is 23.5 Å². The number of aliphatic hydroxyl groups is 1. The number of hydrogen-bond donors (Lipinski definition) is 2. The third-order valence-electron chi connectivity index (χ3n) is 5.98. The maximum absolute atomic E-state index is 15.2. The van der Waals surface area contributed by atoms with Gasteiger partial charge in [0.05, 0.1) is 20.8 Å². The van der Waals surface area contributed by atoms with Crippen molar-refractivity contribution in [1.82, 2.24) is 9.55 Å². The molecule has 0 bridgehead atoms. The molecule has 2 heterocycles. The number of alkyl halides is 3. The van der Waals surface area contributed by atoms with E-state index < -0.39 is 60.1 Å². The number of hydrogen-bond acceptors (Lipinski definition) is 10. The van der Waals surface area contributed by atoms with Gasteiger partial charge in [-0.25, -0.2) is 18.0 Å². The fourth-order valence-electron chi connectivity index (χ4n) is 3.79. The Hall–Kier alpha value is -3.07. The summed E-state index contributed by atoms with van der Waals surface area (Å²) in [4.78, 5) is 25.7. The molecule has 11 nitrogen and oxygen atoms in total. The third-order valence-corrected chi connectivity index (χ3v) is 8.33. The van der Waals surface area contributed by atoms with Crippen LogP contribution in [0.1, 0.15) is 6.23 Å². The summed E-state index contributed by atoms with van der Waals surface area (Å²) in [5.74, 6) is 1.22. The quantitative estimate of drug-likeness (QED) is 0.299. The van der Waals surface area contributed by atoms with Crippen LogP contribution < -0.4 is 29.8 Å². The Morgan fingerprint density at radius 1 is 1.05 bits per heavy atom. The van der Waals surface area contributed by atoms with E-state index in [1.165, 1.54) is 62.8 Å². The molecular weight excluding hydrogens is 616 g/mol. The summed E-state index contributed by atoms with van der Waals surface area (Å²) in [5, 5.41) is 10.1. The van der Waals surface area contributed by atoms with Crippen LogP contribution in [-0.2, 0) is 21.1 Å². The van der Waals surface area contributed by atoms with Crippen molar-refractivity contribution in [3.8, 4) is 23.0 Å². The molecule has 41 heavy (non-hydrogen) atoms. The van der Waals surface area contributed by atoms with E-state index in [0.29, 0.717) is 22.3 Å². The van der Waals surface area contributed by atoms with Crippen LogP contribution in [-0.4, -0.2) is 59.8 Å². The van der Waals surface area contributed by atoms with Gasteiger partial charge in [-0.1, -0.05) is 11.6 Å². The highest BCUT2D eigenvalue weighted by Crippen LogP contribution is 2.53. The summed E-state index contributed by atoms with van der Waals surface area (Å²) < 4.78 is 77.3. The zero-order chi connectivity index (χ0) is 29.9. The number of halogens is 4. The number of nitrogens with one attached hydrogen (secondary N) is 1. The van der Waals surface area contributed by atoms with Gasteiger partial charge < -0.3 is 28.4 Å². The van der Waals surface area contributed by atoms with E-state index in [1.54, 1.807) is 4.98 Å². The lowest BCUT2D eigenvalue weighted by Gasteiger charge is -2.32. The second-order valence-corrected chi connectivity index (χ2v) is 11.8. The SMILES string of the molecule is COc1ccc(OP(=S)(OC[C@@]2(C(F)F)O[C@@H](n3cc(Cl)c(=O)[nH]c3=O)[C@H](F)[C@H]2O)Oc2ccc(OC)cc2)cc1. The first-order chi connectivity index (χ1) is 19.4. The molecule has 17 heteroatoms. The molecule has 4 rings (SSSR count). The van der Waals surface area contributed by atoms with Crippen molar-refractivity contribution in [2.45, 2.75) is 30.5 Å².